The second kappa shape index (κ2) is 6.19. The van der Waals surface area contributed by atoms with E-state index in [1.165, 1.54) is 0 Å². The summed E-state index contributed by atoms with van der Waals surface area (Å²) in [6, 6.07) is 2.10. The van der Waals surface area contributed by atoms with Crippen LogP contribution in [-0.2, 0) is 4.74 Å². The van der Waals surface area contributed by atoms with Gasteiger partial charge >= 0.3 is 6.09 Å². The summed E-state index contributed by atoms with van der Waals surface area (Å²) < 4.78 is 5.55. The molecule has 3 heterocycles. The molecule has 0 saturated carbocycles. The Morgan fingerprint density at radius 3 is 2.38 bits per heavy atom. The van der Waals surface area contributed by atoms with Crippen LogP contribution in [-0.4, -0.2) is 39.4 Å². The van der Waals surface area contributed by atoms with Gasteiger partial charge in [-0.2, -0.15) is 0 Å². The summed E-state index contributed by atoms with van der Waals surface area (Å²) in [5, 5.41) is 0. The molecule has 1 amide bonds. The number of pyridine rings is 1. The van der Waals surface area contributed by atoms with Gasteiger partial charge in [-0.15, -0.1) is 0 Å². The maximum absolute atomic E-state index is 12.9. The standard InChI is InChI=1S/C19H26N2O3/c1-12-7-8-20-11-16(12)17(22)13-9-14-5-6-15(10-13)21(14)18(23)24-19(2,3)4/h7-8,11,13-15H,5-6,9-10H2,1-4H3. The number of Topliss-reactive ketones (excluding diaryl/α,β-unsaturated/α-hetero) is 1. The topological polar surface area (TPSA) is 59.5 Å². The van der Waals surface area contributed by atoms with Crippen LogP contribution in [0.5, 0.6) is 0 Å². The molecule has 2 aliphatic rings. The number of carbonyl (C=O) groups excluding carboxylic acids is 2. The van der Waals surface area contributed by atoms with Crippen LogP contribution >= 0.6 is 0 Å². The average molecular weight is 330 g/mol. The number of carbonyl (C=O) groups is 2. The van der Waals surface area contributed by atoms with Gasteiger partial charge < -0.3 is 9.64 Å². The van der Waals surface area contributed by atoms with Crippen molar-refractivity contribution in [3.8, 4) is 0 Å². The van der Waals surface area contributed by atoms with E-state index >= 15 is 0 Å². The van der Waals surface area contributed by atoms with E-state index in [0.717, 1.165) is 31.2 Å². The van der Waals surface area contributed by atoms with Crippen molar-refractivity contribution in [3.05, 3.63) is 29.6 Å². The highest BCUT2D eigenvalue weighted by Gasteiger charge is 2.46. The Bertz CT molecular complexity index is 636. The predicted molar refractivity (Wildman–Crippen MR) is 90.9 cm³/mol. The molecule has 2 saturated heterocycles. The zero-order valence-electron chi connectivity index (χ0n) is 14.9. The average Bonchev–Trinajstić information content (AvgIpc) is 2.76. The van der Waals surface area contributed by atoms with E-state index in [4.69, 9.17) is 4.74 Å². The third-order valence-electron chi connectivity index (χ3n) is 5.01. The lowest BCUT2D eigenvalue weighted by molar-refractivity contribution is 0.00253. The Morgan fingerprint density at radius 1 is 1.21 bits per heavy atom. The van der Waals surface area contributed by atoms with E-state index in [-0.39, 0.29) is 29.9 Å². The second-order valence-electron chi connectivity index (χ2n) is 8.00. The lowest BCUT2D eigenvalue weighted by Gasteiger charge is -2.39. The van der Waals surface area contributed by atoms with E-state index in [2.05, 4.69) is 4.98 Å². The summed E-state index contributed by atoms with van der Waals surface area (Å²) in [5.74, 6) is 0.144. The van der Waals surface area contributed by atoms with Crippen molar-refractivity contribution >= 4 is 11.9 Å². The van der Waals surface area contributed by atoms with Crippen molar-refractivity contribution in [1.29, 1.82) is 0 Å². The first kappa shape index (κ1) is 16.9. The molecular formula is C19H26N2O3. The first-order valence-electron chi connectivity index (χ1n) is 8.72. The van der Waals surface area contributed by atoms with Crippen LogP contribution in [0, 0.1) is 12.8 Å². The largest absolute Gasteiger partial charge is 0.444 e. The van der Waals surface area contributed by atoms with Crippen LogP contribution in [0.1, 0.15) is 62.4 Å². The molecule has 0 radical (unpaired) electrons. The maximum atomic E-state index is 12.9. The highest BCUT2D eigenvalue weighted by atomic mass is 16.6. The van der Waals surface area contributed by atoms with Crippen molar-refractivity contribution in [3.63, 3.8) is 0 Å². The lowest BCUT2D eigenvalue weighted by atomic mass is 9.84. The molecule has 5 heteroatoms. The van der Waals surface area contributed by atoms with E-state index in [0.29, 0.717) is 5.56 Å². The lowest BCUT2D eigenvalue weighted by Crippen LogP contribution is -2.49. The number of fused-ring (bicyclic) bond motifs is 2. The quantitative estimate of drug-likeness (QED) is 0.775. The van der Waals surface area contributed by atoms with Gasteiger partial charge in [0.2, 0.25) is 0 Å². The molecule has 2 atom stereocenters. The summed E-state index contributed by atoms with van der Waals surface area (Å²) in [6.07, 6.45) is 6.50. The Kier molecular flexibility index (Phi) is 4.37. The van der Waals surface area contributed by atoms with E-state index in [1.807, 2.05) is 38.7 Å². The van der Waals surface area contributed by atoms with Gasteiger partial charge in [0.05, 0.1) is 0 Å². The van der Waals surface area contributed by atoms with Crippen LogP contribution in [0.3, 0.4) is 0 Å². The number of nitrogens with zero attached hydrogens (tertiary/aromatic N) is 2. The fourth-order valence-corrected chi connectivity index (χ4v) is 3.95. The number of ketones is 1. The number of piperidine rings is 1. The molecule has 5 nitrogen and oxygen atoms in total. The van der Waals surface area contributed by atoms with Crippen LogP contribution in [0.15, 0.2) is 18.5 Å². The molecule has 0 aromatic carbocycles. The molecule has 130 valence electrons. The van der Waals surface area contributed by atoms with Gasteiger partial charge in [-0.3, -0.25) is 9.78 Å². The number of hydrogen-bond acceptors (Lipinski definition) is 4. The van der Waals surface area contributed by atoms with Gasteiger partial charge in [0.15, 0.2) is 5.78 Å². The Labute approximate surface area is 143 Å². The smallest absolute Gasteiger partial charge is 0.410 e. The zero-order chi connectivity index (χ0) is 17.5. The second-order valence-corrected chi connectivity index (χ2v) is 8.00. The minimum atomic E-state index is -0.490. The number of aromatic nitrogens is 1. The highest BCUT2D eigenvalue weighted by molar-refractivity contribution is 5.99. The summed E-state index contributed by atoms with van der Waals surface area (Å²) in [5.41, 5.74) is 1.19. The van der Waals surface area contributed by atoms with E-state index in [1.54, 1.807) is 12.4 Å². The Morgan fingerprint density at radius 2 is 1.83 bits per heavy atom. The van der Waals surface area contributed by atoms with Gasteiger partial charge in [0.25, 0.3) is 0 Å². The fourth-order valence-electron chi connectivity index (χ4n) is 3.95. The monoisotopic (exact) mass is 330 g/mol. The van der Waals surface area contributed by atoms with Gasteiger partial charge in [-0.25, -0.2) is 4.79 Å². The van der Waals surface area contributed by atoms with Crippen LogP contribution in [0.4, 0.5) is 4.79 Å². The van der Waals surface area contributed by atoms with Crippen LogP contribution < -0.4 is 0 Å². The molecule has 0 aliphatic carbocycles. The molecule has 24 heavy (non-hydrogen) atoms. The molecule has 1 aromatic rings. The molecule has 2 aliphatic heterocycles. The first-order chi connectivity index (χ1) is 11.3. The summed E-state index contributed by atoms with van der Waals surface area (Å²) in [4.78, 5) is 31.3. The molecule has 1 aromatic heterocycles. The third kappa shape index (κ3) is 3.30. The van der Waals surface area contributed by atoms with Crippen LogP contribution in [0.25, 0.3) is 0 Å². The van der Waals surface area contributed by atoms with Crippen molar-refractivity contribution in [2.24, 2.45) is 5.92 Å². The van der Waals surface area contributed by atoms with Crippen molar-refractivity contribution < 1.29 is 14.3 Å². The number of aryl methyl sites for hydroxylation is 1. The van der Waals surface area contributed by atoms with Crippen molar-refractivity contribution in [2.75, 3.05) is 0 Å². The van der Waals surface area contributed by atoms with Crippen molar-refractivity contribution in [1.82, 2.24) is 9.88 Å². The molecular weight excluding hydrogens is 304 g/mol. The predicted octanol–water partition coefficient (Wildman–Crippen LogP) is 3.75. The molecule has 2 fully saturated rings. The van der Waals surface area contributed by atoms with Gasteiger partial charge in [0, 0.05) is 36.0 Å². The molecule has 2 unspecified atom stereocenters. The minimum Gasteiger partial charge on any atom is -0.444 e. The van der Waals surface area contributed by atoms with Crippen molar-refractivity contribution in [2.45, 2.75) is 71.1 Å². The number of amides is 1. The summed E-state index contributed by atoms with van der Waals surface area (Å²) >= 11 is 0. The van der Waals surface area contributed by atoms with E-state index < -0.39 is 5.60 Å². The molecule has 0 spiro atoms. The number of rotatable bonds is 2. The van der Waals surface area contributed by atoms with Gasteiger partial charge in [-0.1, -0.05) is 0 Å². The molecule has 2 bridgehead atoms. The first-order valence-corrected chi connectivity index (χ1v) is 8.72. The normalized spacial score (nSPS) is 26.3. The molecule has 3 rings (SSSR count). The highest BCUT2D eigenvalue weighted by Crippen LogP contribution is 2.40. The minimum absolute atomic E-state index is 0.0240. The number of hydrogen-bond donors (Lipinski definition) is 0. The van der Waals surface area contributed by atoms with Gasteiger partial charge in [0.1, 0.15) is 5.60 Å². The SMILES string of the molecule is Cc1ccncc1C(=O)C1CC2CCC(C1)N2C(=O)OC(C)(C)C. The van der Waals surface area contributed by atoms with Gasteiger partial charge in [-0.05, 0) is 65.0 Å². The zero-order valence-corrected chi connectivity index (χ0v) is 14.9. The summed E-state index contributed by atoms with van der Waals surface area (Å²) in [6.45, 7) is 7.59. The number of ether oxygens (including phenoxy) is 1. The maximum Gasteiger partial charge on any atom is 0.410 e. The fraction of sp³-hybridized carbons (Fsp3) is 0.632. The Hall–Kier alpha value is -1.91. The molecule has 0 N–H and O–H groups in total. The van der Waals surface area contributed by atoms with Crippen LogP contribution in [0.2, 0.25) is 0 Å². The third-order valence-corrected chi connectivity index (χ3v) is 5.01. The Balaban J connectivity index is 1.72. The van der Waals surface area contributed by atoms with E-state index in [9.17, 15) is 9.59 Å². The summed E-state index contributed by atoms with van der Waals surface area (Å²) in [7, 11) is 0.